The van der Waals surface area contributed by atoms with E-state index in [2.05, 4.69) is 10.1 Å². The van der Waals surface area contributed by atoms with E-state index in [4.69, 9.17) is 4.74 Å². The fourth-order valence-electron chi connectivity index (χ4n) is 4.63. The Bertz CT molecular complexity index is 1230. The molecule has 0 radical (unpaired) electrons. The maximum Gasteiger partial charge on any atom is 0.573 e. The van der Waals surface area contributed by atoms with Crippen LogP contribution in [0.25, 0.3) is 11.1 Å². The third-order valence-electron chi connectivity index (χ3n) is 6.10. The van der Waals surface area contributed by atoms with Crippen molar-refractivity contribution in [2.45, 2.75) is 52.1 Å². The number of carbonyl (C=O) groups is 1. The molecule has 0 saturated carbocycles. The first-order chi connectivity index (χ1) is 17.2. The highest BCUT2D eigenvalue weighted by atomic mass is 19.4. The van der Waals surface area contributed by atoms with E-state index in [-0.39, 0.29) is 29.4 Å². The summed E-state index contributed by atoms with van der Waals surface area (Å²) < 4.78 is 49.0. The van der Waals surface area contributed by atoms with Gasteiger partial charge in [-0.25, -0.2) is 0 Å². The lowest BCUT2D eigenvalue weighted by Crippen LogP contribution is -2.43. The molecule has 1 amide bonds. The predicted octanol–water partition coefficient (Wildman–Crippen LogP) is 7.34. The summed E-state index contributed by atoms with van der Waals surface area (Å²) >= 11 is 0. The molecule has 5 nitrogen and oxygen atoms in total. The number of anilines is 2. The number of alkyl halides is 3. The molecule has 0 saturated heterocycles. The van der Waals surface area contributed by atoms with Crippen molar-refractivity contribution in [3.63, 3.8) is 0 Å². The molecule has 36 heavy (non-hydrogen) atoms. The Kier molecular flexibility index (Phi) is 7.43. The van der Waals surface area contributed by atoms with Crippen LogP contribution in [-0.2, 0) is 4.79 Å². The molecule has 0 aliphatic carbocycles. The summed E-state index contributed by atoms with van der Waals surface area (Å²) in [6.07, 6.45) is -3.40. The van der Waals surface area contributed by atoms with Crippen molar-refractivity contribution in [3.05, 3.63) is 72.3 Å². The lowest BCUT2D eigenvalue weighted by molar-refractivity contribution is -0.274. The first-order valence-corrected chi connectivity index (χ1v) is 11.9. The lowest BCUT2D eigenvalue weighted by Gasteiger charge is -2.40. The number of rotatable bonds is 7. The van der Waals surface area contributed by atoms with Gasteiger partial charge in [0.2, 0.25) is 5.91 Å². The molecule has 0 fully saturated rings. The normalized spacial score (nSPS) is 17.3. The molecular weight excluding hydrogens is 469 g/mol. The van der Waals surface area contributed by atoms with Gasteiger partial charge in [0.25, 0.3) is 0 Å². The Morgan fingerprint density at radius 1 is 1.06 bits per heavy atom. The SMILES string of the molecule is CCCOc1cccc(-c2ccc3c(c2)[C@H](Nc2ccccc2OC(F)(F)F)C[C@H](C)N3C(C)=O)c1. The molecule has 1 N–H and O–H groups in total. The zero-order valence-electron chi connectivity index (χ0n) is 20.4. The third kappa shape index (κ3) is 5.75. The number of hydrogen-bond donors (Lipinski definition) is 1. The van der Waals surface area contributed by atoms with Crippen LogP contribution in [0.5, 0.6) is 11.5 Å². The summed E-state index contributed by atoms with van der Waals surface area (Å²) in [5, 5.41) is 3.25. The molecule has 0 bridgehead atoms. The van der Waals surface area contributed by atoms with Gasteiger partial charge in [-0.15, -0.1) is 13.2 Å². The van der Waals surface area contributed by atoms with Gasteiger partial charge >= 0.3 is 6.36 Å². The van der Waals surface area contributed by atoms with E-state index >= 15 is 0 Å². The van der Waals surface area contributed by atoms with Crippen molar-refractivity contribution >= 4 is 17.3 Å². The molecule has 1 aliphatic heterocycles. The number of halogens is 3. The van der Waals surface area contributed by atoms with Gasteiger partial charge in [-0.1, -0.05) is 37.3 Å². The number of hydrogen-bond acceptors (Lipinski definition) is 4. The summed E-state index contributed by atoms with van der Waals surface area (Å²) in [6.45, 7) is 6.10. The van der Waals surface area contributed by atoms with Gasteiger partial charge < -0.3 is 19.7 Å². The molecule has 1 aliphatic rings. The highest BCUT2D eigenvalue weighted by molar-refractivity contribution is 5.94. The monoisotopic (exact) mass is 498 g/mol. The van der Waals surface area contributed by atoms with Crippen LogP contribution >= 0.6 is 0 Å². The molecule has 4 rings (SSSR count). The predicted molar refractivity (Wildman–Crippen MR) is 134 cm³/mol. The molecule has 2 atom stereocenters. The number of benzene rings is 3. The third-order valence-corrected chi connectivity index (χ3v) is 6.10. The van der Waals surface area contributed by atoms with Crippen LogP contribution in [0.15, 0.2) is 66.7 Å². The Balaban J connectivity index is 1.74. The number of nitrogens with zero attached hydrogens (tertiary/aromatic N) is 1. The number of ether oxygens (including phenoxy) is 2. The Hall–Kier alpha value is -3.68. The fourth-order valence-corrected chi connectivity index (χ4v) is 4.63. The summed E-state index contributed by atoms with van der Waals surface area (Å²) in [7, 11) is 0. The van der Waals surface area contributed by atoms with Gasteiger partial charge in [-0.2, -0.15) is 0 Å². The summed E-state index contributed by atoms with van der Waals surface area (Å²) in [6, 6.07) is 19.1. The van der Waals surface area contributed by atoms with E-state index in [0.717, 1.165) is 34.5 Å². The van der Waals surface area contributed by atoms with Gasteiger partial charge in [-0.3, -0.25) is 4.79 Å². The number of carbonyl (C=O) groups excluding carboxylic acids is 1. The lowest BCUT2D eigenvalue weighted by atomic mass is 9.89. The smallest absolute Gasteiger partial charge is 0.494 e. The van der Waals surface area contributed by atoms with Gasteiger partial charge in [0.05, 0.1) is 18.3 Å². The van der Waals surface area contributed by atoms with Crippen LogP contribution in [0.4, 0.5) is 24.5 Å². The molecule has 0 spiro atoms. The maximum absolute atomic E-state index is 13.0. The molecule has 190 valence electrons. The summed E-state index contributed by atoms with van der Waals surface area (Å²) in [5.74, 6) is 0.370. The standard InChI is InChI=1S/C28H29F3N2O3/c1-4-14-35-22-9-7-8-20(16-22)21-12-13-26-23(17-21)25(15-18(2)33(26)19(3)34)32-24-10-5-6-11-27(24)36-28(29,30)31/h5-13,16-18,25,32H,4,14-15H2,1-3H3/t18-,25+/m0/s1. The van der Waals surface area contributed by atoms with E-state index in [1.165, 1.54) is 19.1 Å². The van der Waals surface area contributed by atoms with Crippen molar-refractivity contribution < 1.29 is 27.4 Å². The zero-order valence-corrected chi connectivity index (χ0v) is 20.4. The minimum atomic E-state index is -4.81. The largest absolute Gasteiger partial charge is 0.573 e. The zero-order chi connectivity index (χ0) is 25.9. The Morgan fingerprint density at radius 3 is 2.53 bits per heavy atom. The fraction of sp³-hybridized carbons (Fsp3) is 0.321. The van der Waals surface area contributed by atoms with Crippen molar-refractivity contribution in [1.29, 1.82) is 0 Å². The summed E-state index contributed by atoms with van der Waals surface area (Å²) in [4.78, 5) is 14.2. The van der Waals surface area contributed by atoms with E-state index in [9.17, 15) is 18.0 Å². The maximum atomic E-state index is 13.0. The van der Waals surface area contributed by atoms with Gasteiger partial charge in [0, 0.05) is 18.7 Å². The van der Waals surface area contributed by atoms with Crippen LogP contribution in [0.2, 0.25) is 0 Å². The molecule has 0 aromatic heterocycles. The minimum Gasteiger partial charge on any atom is -0.494 e. The minimum absolute atomic E-state index is 0.0919. The average Bonchev–Trinajstić information content (AvgIpc) is 2.83. The van der Waals surface area contributed by atoms with E-state index in [1.54, 1.807) is 17.0 Å². The first-order valence-electron chi connectivity index (χ1n) is 11.9. The van der Waals surface area contributed by atoms with Crippen molar-refractivity contribution in [2.24, 2.45) is 0 Å². The van der Waals surface area contributed by atoms with E-state index < -0.39 is 6.36 Å². The quantitative estimate of drug-likeness (QED) is 0.370. The first kappa shape index (κ1) is 25.4. The number of amides is 1. The molecule has 1 heterocycles. The molecular formula is C28H29F3N2O3. The van der Waals surface area contributed by atoms with E-state index in [1.807, 2.05) is 56.3 Å². The van der Waals surface area contributed by atoms with Crippen molar-refractivity contribution in [3.8, 4) is 22.6 Å². The molecule has 3 aromatic carbocycles. The molecule has 0 unspecified atom stereocenters. The topological polar surface area (TPSA) is 50.8 Å². The molecule has 8 heteroatoms. The Labute approximate surface area is 208 Å². The van der Waals surface area contributed by atoms with Crippen LogP contribution in [-0.4, -0.2) is 24.9 Å². The molecule has 3 aromatic rings. The van der Waals surface area contributed by atoms with Gasteiger partial charge in [-0.05, 0) is 72.9 Å². The second-order valence-electron chi connectivity index (χ2n) is 8.86. The van der Waals surface area contributed by atoms with Crippen molar-refractivity contribution in [1.82, 2.24) is 0 Å². The van der Waals surface area contributed by atoms with Gasteiger partial charge in [0.1, 0.15) is 5.75 Å². The van der Waals surface area contributed by atoms with Crippen LogP contribution in [0.1, 0.15) is 45.2 Å². The van der Waals surface area contributed by atoms with Crippen LogP contribution in [0, 0.1) is 0 Å². The second-order valence-corrected chi connectivity index (χ2v) is 8.86. The number of nitrogens with one attached hydrogen (secondary N) is 1. The van der Waals surface area contributed by atoms with Crippen LogP contribution in [0.3, 0.4) is 0 Å². The average molecular weight is 499 g/mol. The number of para-hydroxylation sites is 2. The Morgan fingerprint density at radius 2 is 1.81 bits per heavy atom. The van der Waals surface area contributed by atoms with Crippen molar-refractivity contribution in [2.75, 3.05) is 16.8 Å². The summed E-state index contributed by atoms with van der Waals surface area (Å²) in [5.41, 5.74) is 3.64. The number of fused-ring (bicyclic) bond motifs is 1. The highest BCUT2D eigenvalue weighted by Gasteiger charge is 2.35. The van der Waals surface area contributed by atoms with Gasteiger partial charge in [0.15, 0.2) is 5.75 Å². The highest BCUT2D eigenvalue weighted by Crippen LogP contribution is 2.43. The van der Waals surface area contributed by atoms with Crippen LogP contribution < -0.4 is 19.7 Å². The second kappa shape index (κ2) is 10.5. The van der Waals surface area contributed by atoms with E-state index in [0.29, 0.717) is 13.0 Å².